The van der Waals surface area contributed by atoms with Crippen molar-refractivity contribution in [2.75, 3.05) is 0 Å². The van der Waals surface area contributed by atoms with Crippen molar-refractivity contribution in [3.05, 3.63) is 94.0 Å². The van der Waals surface area contributed by atoms with Crippen LogP contribution in [0.2, 0.25) is 0 Å². The van der Waals surface area contributed by atoms with Crippen LogP contribution >= 0.6 is 31.9 Å². The van der Waals surface area contributed by atoms with E-state index in [0.29, 0.717) is 5.56 Å². The summed E-state index contributed by atoms with van der Waals surface area (Å²) in [5.74, 6) is 0. The topological polar surface area (TPSA) is 0 Å². The van der Waals surface area contributed by atoms with Crippen LogP contribution in [0.1, 0.15) is 21.5 Å². The fourth-order valence-corrected chi connectivity index (χ4v) is 3.41. The van der Waals surface area contributed by atoms with Gasteiger partial charge in [-0.25, -0.2) is 0 Å². The highest BCUT2D eigenvalue weighted by molar-refractivity contribution is 9.10. The number of alkyl halides is 4. The van der Waals surface area contributed by atoms with Gasteiger partial charge in [-0.1, -0.05) is 86.5 Å². The lowest BCUT2D eigenvalue weighted by Gasteiger charge is -2.14. The summed E-state index contributed by atoms with van der Waals surface area (Å²) in [6.07, 6.45) is -4.34. The molecule has 0 nitrogen and oxygen atoms in total. The van der Waals surface area contributed by atoms with Gasteiger partial charge < -0.3 is 0 Å². The molecule has 0 fully saturated rings. The van der Waals surface area contributed by atoms with E-state index in [-0.39, 0.29) is 4.83 Å². The summed E-state index contributed by atoms with van der Waals surface area (Å²) in [6, 6.07) is 21.2. The van der Waals surface area contributed by atoms with E-state index in [0.717, 1.165) is 27.2 Å². The molecule has 25 heavy (non-hydrogen) atoms. The molecule has 0 bridgehead atoms. The van der Waals surface area contributed by atoms with E-state index < -0.39 is 11.7 Å². The minimum Gasteiger partial charge on any atom is -0.166 e. The van der Waals surface area contributed by atoms with Gasteiger partial charge in [0.1, 0.15) is 0 Å². The van der Waals surface area contributed by atoms with Gasteiger partial charge in [-0.05, 0) is 40.5 Å². The molecule has 0 heterocycles. The summed E-state index contributed by atoms with van der Waals surface area (Å²) in [7, 11) is 0. The first-order valence-electron chi connectivity index (χ1n) is 7.52. The van der Waals surface area contributed by atoms with Crippen LogP contribution in [-0.4, -0.2) is 0 Å². The molecular weight excluding hydrogens is 457 g/mol. The Hall–Kier alpha value is -1.59. The molecule has 0 radical (unpaired) electrons. The van der Waals surface area contributed by atoms with Crippen LogP contribution in [0, 0.1) is 0 Å². The minimum absolute atomic E-state index is 0.297. The van der Waals surface area contributed by atoms with Crippen LogP contribution in [0.25, 0.3) is 11.1 Å². The van der Waals surface area contributed by atoms with Gasteiger partial charge in [0.25, 0.3) is 0 Å². The van der Waals surface area contributed by atoms with Gasteiger partial charge in [-0.2, -0.15) is 13.2 Å². The maximum atomic E-state index is 12.9. The van der Waals surface area contributed by atoms with Crippen LogP contribution in [0.3, 0.4) is 0 Å². The van der Waals surface area contributed by atoms with Crippen molar-refractivity contribution >= 4 is 31.9 Å². The molecule has 0 saturated carbocycles. The first-order chi connectivity index (χ1) is 11.8. The third-order valence-corrected chi connectivity index (χ3v) is 5.47. The van der Waals surface area contributed by atoms with Crippen molar-refractivity contribution in [2.24, 2.45) is 0 Å². The minimum atomic E-state index is -4.34. The lowest BCUT2D eigenvalue weighted by atomic mass is 9.99. The zero-order valence-corrected chi connectivity index (χ0v) is 16.1. The highest BCUT2D eigenvalue weighted by Crippen LogP contribution is 2.36. The molecular formula is C20H13Br2F3. The number of hydrogen-bond donors (Lipinski definition) is 0. The summed E-state index contributed by atoms with van der Waals surface area (Å²) in [4.78, 5) is -0.297. The zero-order chi connectivity index (χ0) is 18.0. The highest BCUT2D eigenvalue weighted by atomic mass is 79.9. The third kappa shape index (κ3) is 4.33. The third-order valence-electron chi connectivity index (χ3n) is 3.89. The number of hydrogen-bond acceptors (Lipinski definition) is 0. The van der Waals surface area contributed by atoms with Crippen LogP contribution in [-0.2, 0) is 6.18 Å². The highest BCUT2D eigenvalue weighted by Gasteiger charge is 2.30. The summed E-state index contributed by atoms with van der Waals surface area (Å²) in [6.45, 7) is 0. The van der Waals surface area contributed by atoms with Gasteiger partial charge >= 0.3 is 6.18 Å². The Morgan fingerprint density at radius 3 is 1.84 bits per heavy atom. The van der Waals surface area contributed by atoms with E-state index in [4.69, 9.17) is 0 Å². The molecule has 0 aromatic heterocycles. The molecule has 128 valence electrons. The summed E-state index contributed by atoms with van der Waals surface area (Å²) >= 11 is 6.92. The summed E-state index contributed by atoms with van der Waals surface area (Å²) < 4.78 is 39.7. The molecule has 0 aliphatic heterocycles. The van der Waals surface area contributed by atoms with Gasteiger partial charge in [0.2, 0.25) is 0 Å². The van der Waals surface area contributed by atoms with E-state index >= 15 is 0 Å². The SMILES string of the molecule is FC(F)(F)c1cccc(C(Br)c2ccc(-c3ccc(Br)cc3)cc2)c1. The Morgan fingerprint density at radius 2 is 1.28 bits per heavy atom. The van der Waals surface area contributed by atoms with Crippen molar-refractivity contribution in [2.45, 2.75) is 11.0 Å². The van der Waals surface area contributed by atoms with Crippen LogP contribution in [0.15, 0.2) is 77.3 Å². The first kappa shape index (κ1) is 18.2. The number of rotatable bonds is 3. The predicted octanol–water partition coefficient (Wildman–Crippen LogP) is 7.62. The Labute approximate surface area is 161 Å². The van der Waals surface area contributed by atoms with E-state index in [1.165, 1.54) is 12.1 Å². The number of halogens is 5. The Balaban J connectivity index is 1.86. The molecule has 1 atom stereocenters. The average Bonchev–Trinajstić information content (AvgIpc) is 2.61. The molecule has 3 aromatic rings. The van der Waals surface area contributed by atoms with E-state index in [2.05, 4.69) is 31.9 Å². The molecule has 0 aliphatic rings. The van der Waals surface area contributed by atoms with E-state index in [9.17, 15) is 13.2 Å². The fraction of sp³-hybridized carbons (Fsp3) is 0.100. The van der Waals surface area contributed by atoms with Gasteiger partial charge in [0, 0.05) is 4.47 Å². The molecule has 1 unspecified atom stereocenters. The van der Waals surface area contributed by atoms with Crippen molar-refractivity contribution in [3.8, 4) is 11.1 Å². The lowest BCUT2D eigenvalue weighted by molar-refractivity contribution is -0.137. The second kappa shape index (κ2) is 7.34. The van der Waals surface area contributed by atoms with Crippen molar-refractivity contribution < 1.29 is 13.2 Å². The second-order valence-corrected chi connectivity index (χ2v) is 7.45. The first-order valence-corrected chi connectivity index (χ1v) is 9.22. The normalized spacial score (nSPS) is 12.8. The maximum Gasteiger partial charge on any atom is 0.416 e. The smallest absolute Gasteiger partial charge is 0.166 e. The van der Waals surface area contributed by atoms with Crippen LogP contribution in [0.5, 0.6) is 0 Å². The predicted molar refractivity (Wildman–Crippen MR) is 102 cm³/mol. The molecule has 0 amide bonds. The summed E-state index contributed by atoms with van der Waals surface area (Å²) in [5, 5.41) is 0. The largest absolute Gasteiger partial charge is 0.416 e. The quantitative estimate of drug-likeness (QED) is 0.346. The molecule has 0 spiro atoms. The van der Waals surface area contributed by atoms with Crippen LogP contribution < -0.4 is 0 Å². The molecule has 0 saturated heterocycles. The Kier molecular flexibility index (Phi) is 5.35. The fourth-order valence-electron chi connectivity index (χ4n) is 2.55. The van der Waals surface area contributed by atoms with Gasteiger partial charge in [0.05, 0.1) is 10.4 Å². The zero-order valence-electron chi connectivity index (χ0n) is 12.9. The molecule has 5 heteroatoms. The maximum absolute atomic E-state index is 12.9. The number of benzene rings is 3. The van der Waals surface area contributed by atoms with Gasteiger partial charge in [0.15, 0.2) is 0 Å². The van der Waals surface area contributed by atoms with E-state index in [1.54, 1.807) is 6.07 Å². The Bertz CT molecular complexity index is 853. The van der Waals surface area contributed by atoms with Gasteiger partial charge in [-0.3, -0.25) is 0 Å². The summed E-state index contributed by atoms with van der Waals surface area (Å²) in [5.41, 5.74) is 2.98. The molecule has 0 N–H and O–H groups in total. The monoisotopic (exact) mass is 468 g/mol. The average molecular weight is 470 g/mol. The second-order valence-electron chi connectivity index (χ2n) is 5.61. The standard InChI is InChI=1S/C20H13Br2F3/c21-18-10-8-14(9-11-18)13-4-6-15(7-5-13)19(22)16-2-1-3-17(12-16)20(23,24)25/h1-12,19H. The molecule has 3 rings (SSSR count). The van der Waals surface area contributed by atoms with Gasteiger partial charge in [-0.15, -0.1) is 0 Å². The van der Waals surface area contributed by atoms with Crippen molar-refractivity contribution in [1.82, 2.24) is 0 Å². The Morgan fingerprint density at radius 1 is 0.720 bits per heavy atom. The van der Waals surface area contributed by atoms with Crippen molar-refractivity contribution in [3.63, 3.8) is 0 Å². The molecule has 3 aromatic carbocycles. The van der Waals surface area contributed by atoms with Crippen LogP contribution in [0.4, 0.5) is 13.2 Å². The van der Waals surface area contributed by atoms with E-state index in [1.807, 2.05) is 48.5 Å². The lowest BCUT2D eigenvalue weighted by Crippen LogP contribution is -2.05. The molecule has 0 aliphatic carbocycles. The van der Waals surface area contributed by atoms with Crippen molar-refractivity contribution in [1.29, 1.82) is 0 Å².